The van der Waals surface area contributed by atoms with Gasteiger partial charge in [0.1, 0.15) is 12.4 Å². The number of benzene rings is 3. The number of rotatable bonds is 4. The van der Waals surface area contributed by atoms with Gasteiger partial charge < -0.3 is 10.1 Å². The van der Waals surface area contributed by atoms with E-state index in [2.05, 4.69) is 78.6 Å². The number of nitrogens with one attached hydrogen (secondary N) is 1. The van der Waals surface area contributed by atoms with Crippen molar-refractivity contribution in [2.75, 3.05) is 11.9 Å². The van der Waals surface area contributed by atoms with Crippen molar-refractivity contribution in [2.24, 2.45) is 5.92 Å². The number of fused-ring (bicyclic) bond motifs is 5. The van der Waals surface area contributed by atoms with Crippen LogP contribution < -0.4 is 10.1 Å². The van der Waals surface area contributed by atoms with Gasteiger partial charge in [0.15, 0.2) is 0 Å². The van der Waals surface area contributed by atoms with E-state index in [1.54, 1.807) is 6.08 Å². The van der Waals surface area contributed by atoms with Crippen LogP contribution in [0.3, 0.4) is 0 Å². The van der Waals surface area contributed by atoms with Gasteiger partial charge >= 0.3 is 0 Å². The maximum atomic E-state index is 5.78. The van der Waals surface area contributed by atoms with E-state index in [1.165, 1.54) is 27.6 Å². The number of ether oxygens (including phenoxy) is 1. The lowest BCUT2D eigenvalue weighted by molar-refractivity contribution is 0.361. The average Bonchev–Trinajstić information content (AvgIpc) is 3.21. The van der Waals surface area contributed by atoms with Crippen LogP contribution in [0.15, 0.2) is 85.5 Å². The molecule has 0 radical (unpaired) electrons. The van der Waals surface area contributed by atoms with Crippen LogP contribution in [-0.4, -0.2) is 6.61 Å². The molecule has 27 heavy (non-hydrogen) atoms. The fraction of sp³-hybridized carbons (Fsp3) is 0.200. The molecule has 1 aliphatic heterocycles. The Bertz CT molecular complexity index is 1040. The first-order chi connectivity index (χ1) is 13.3. The molecule has 5 rings (SSSR count). The number of anilines is 1. The summed E-state index contributed by atoms with van der Waals surface area (Å²) < 4.78 is 5.78. The molecule has 0 saturated heterocycles. The molecule has 0 fully saturated rings. The molecule has 3 aromatic rings. The van der Waals surface area contributed by atoms with Crippen LogP contribution in [-0.2, 0) is 0 Å². The SMILES string of the molecule is C=CCOc1cccc([C@@H]2Nc3c(ccc4ccccc34)[C@@H]3C=CC[C@@H]32)c1. The number of hydrogen-bond donors (Lipinski definition) is 1. The summed E-state index contributed by atoms with van der Waals surface area (Å²) in [5.74, 6) is 1.90. The highest BCUT2D eigenvalue weighted by atomic mass is 16.5. The standard InChI is InChI=1S/C25H23NO/c1-2-15-27-19-9-5-8-18(16-19)24-22-12-6-11-21(22)23-14-13-17-7-3-4-10-20(17)25(23)26-24/h2-11,13-14,16,21-22,24,26H,1,12,15H2/t21-,22+,24+/m1/s1. The van der Waals surface area contributed by atoms with E-state index in [4.69, 9.17) is 4.74 Å². The second kappa shape index (κ2) is 6.62. The summed E-state index contributed by atoms with van der Waals surface area (Å²) in [5.41, 5.74) is 3.99. The Balaban J connectivity index is 1.60. The highest BCUT2D eigenvalue weighted by Crippen LogP contribution is 2.51. The lowest BCUT2D eigenvalue weighted by atomic mass is 9.76. The lowest BCUT2D eigenvalue weighted by Crippen LogP contribution is -2.29. The zero-order valence-electron chi connectivity index (χ0n) is 15.3. The van der Waals surface area contributed by atoms with Gasteiger partial charge in [-0.3, -0.25) is 0 Å². The van der Waals surface area contributed by atoms with Crippen LogP contribution in [0.4, 0.5) is 5.69 Å². The van der Waals surface area contributed by atoms with Gasteiger partial charge in [-0.05, 0) is 41.0 Å². The van der Waals surface area contributed by atoms with E-state index < -0.39 is 0 Å². The Morgan fingerprint density at radius 1 is 1.07 bits per heavy atom. The van der Waals surface area contributed by atoms with Crippen LogP contribution in [0.5, 0.6) is 5.75 Å². The summed E-state index contributed by atoms with van der Waals surface area (Å²) in [6.45, 7) is 4.27. The van der Waals surface area contributed by atoms with Crippen LogP contribution in [0.1, 0.15) is 29.5 Å². The van der Waals surface area contributed by atoms with Gasteiger partial charge in [-0.2, -0.15) is 0 Å². The van der Waals surface area contributed by atoms with Crippen molar-refractivity contribution in [3.8, 4) is 5.75 Å². The van der Waals surface area contributed by atoms with Crippen molar-refractivity contribution in [3.63, 3.8) is 0 Å². The van der Waals surface area contributed by atoms with E-state index in [1.807, 2.05) is 6.07 Å². The Hall–Kier alpha value is -3.00. The maximum absolute atomic E-state index is 5.78. The Labute approximate surface area is 160 Å². The van der Waals surface area contributed by atoms with Crippen molar-refractivity contribution in [2.45, 2.75) is 18.4 Å². The quantitative estimate of drug-likeness (QED) is 0.561. The first-order valence-corrected chi connectivity index (χ1v) is 9.63. The van der Waals surface area contributed by atoms with E-state index in [0.717, 1.165) is 12.2 Å². The van der Waals surface area contributed by atoms with Gasteiger partial charge in [0, 0.05) is 17.0 Å². The molecule has 2 nitrogen and oxygen atoms in total. The second-order valence-electron chi connectivity index (χ2n) is 7.40. The number of allylic oxidation sites excluding steroid dienone is 2. The van der Waals surface area contributed by atoms with Crippen molar-refractivity contribution in [1.29, 1.82) is 0 Å². The van der Waals surface area contributed by atoms with Gasteiger partial charge in [-0.1, -0.05) is 73.3 Å². The summed E-state index contributed by atoms with van der Waals surface area (Å²) in [6.07, 6.45) is 7.62. The van der Waals surface area contributed by atoms with Gasteiger partial charge in [0.05, 0.1) is 6.04 Å². The molecule has 0 bridgehead atoms. The van der Waals surface area contributed by atoms with E-state index in [9.17, 15) is 0 Å². The zero-order valence-corrected chi connectivity index (χ0v) is 15.3. The van der Waals surface area contributed by atoms with Gasteiger partial charge in [0.25, 0.3) is 0 Å². The zero-order chi connectivity index (χ0) is 18.2. The Kier molecular flexibility index (Phi) is 3.97. The average molecular weight is 353 g/mol. The molecule has 1 aliphatic carbocycles. The first-order valence-electron chi connectivity index (χ1n) is 9.63. The fourth-order valence-corrected chi connectivity index (χ4v) is 4.62. The minimum absolute atomic E-state index is 0.274. The predicted molar refractivity (Wildman–Crippen MR) is 112 cm³/mol. The molecule has 134 valence electrons. The molecular weight excluding hydrogens is 330 g/mol. The second-order valence-corrected chi connectivity index (χ2v) is 7.40. The summed E-state index contributed by atoms with van der Waals surface area (Å²) in [4.78, 5) is 0. The smallest absolute Gasteiger partial charge is 0.120 e. The molecule has 1 heterocycles. The normalized spacial score (nSPS) is 22.7. The minimum atomic E-state index is 0.274. The monoisotopic (exact) mass is 353 g/mol. The topological polar surface area (TPSA) is 21.3 Å². The summed E-state index contributed by atoms with van der Waals surface area (Å²) in [7, 11) is 0. The Morgan fingerprint density at radius 2 is 2.00 bits per heavy atom. The van der Waals surface area contributed by atoms with Crippen molar-refractivity contribution in [3.05, 3.63) is 96.6 Å². The lowest BCUT2D eigenvalue weighted by Gasteiger charge is -2.38. The third-order valence-corrected chi connectivity index (χ3v) is 5.85. The molecule has 0 amide bonds. The van der Waals surface area contributed by atoms with Gasteiger partial charge in [0.2, 0.25) is 0 Å². The van der Waals surface area contributed by atoms with E-state index in [-0.39, 0.29) is 6.04 Å². The molecule has 2 aliphatic rings. The van der Waals surface area contributed by atoms with Crippen molar-refractivity contribution < 1.29 is 4.74 Å². The molecule has 0 aromatic heterocycles. The van der Waals surface area contributed by atoms with Crippen molar-refractivity contribution >= 4 is 16.5 Å². The van der Waals surface area contributed by atoms with Crippen LogP contribution in [0, 0.1) is 5.92 Å². The summed E-state index contributed by atoms with van der Waals surface area (Å²) in [6, 6.07) is 22.0. The highest BCUT2D eigenvalue weighted by molar-refractivity contribution is 5.96. The molecule has 0 saturated carbocycles. The molecule has 2 heteroatoms. The molecular formula is C25H23NO. The number of hydrogen-bond acceptors (Lipinski definition) is 2. The minimum Gasteiger partial charge on any atom is -0.490 e. The summed E-state index contributed by atoms with van der Waals surface area (Å²) in [5, 5.41) is 6.48. The highest BCUT2D eigenvalue weighted by Gasteiger charge is 2.38. The van der Waals surface area contributed by atoms with Crippen molar-refractivity contribution in [1.82, 2.24) is 0 Å². The fourth-order valence-electron chi connectivity index (χ4n) is 4.62. The van der Waals surface area contributed by atoms with E-state index >= 15 is 0 Å². The molecule has 3 aromatic carbocycles. The van der Waals surface area contributed by atoms with E-state index in [0.29, 0.717) is 18.4 Å². The molecule has 1 N–H and O–H groups in total. The largest absolute Gasteiger partial charge is 0.490 e. The van der Waals surface area contributed by atoms with Gasteiger partial charge in [-0.25, -0.2) is 0 Å². The summed E-state index contributed by atoms with van der Waals surface area (Å²) >= 11 is 0. The molecule has 3 atom stereocenters. The van der Waals surface area contributed by atoms with Crippen LogP contribution in [0.25, 0.3) is 10.8 Å². The predicted octanol–water partition coefficient (Wildman–Crippen LogP) is 6.23. The first kappa shape index (κ1) is 16.2. The van der Waals surface area contributed by atoms with Crippen LogP contribution >= 0.6 is 0 Å². The third-order valence-electron chi connectivity index (χ3n) is 5.85. The van der Waals surface area contributed by atoms with Crippen LogP contribution in [0.2, 0.25) is 0 Å². The third kappa shape index (κ3) is 2.73. The Morgan fingerprint density at radius 3 is 2.93 bits per heavy atom. The maximum Gasteiger partial charge on any atom is 0.120 e. The van der Waals surface area contributed by atoms with Gasteiger partial charge in [-0.15, -0.1) is 0 Å². The molecule has 0 spiro atoms. The molecule has 0 unspecified atom stereocenters.